The molecule has 1 atom stereocenters. The highest BCUT2D eigenvalue weighted by Crippen LogP contribution is 2.29. The summed E-state index contributed by atoms with van der Waals surface area (Å²) in [5, 5.41) is 22.0. The number of benzene rings is 1. The van der Waals surface area contributed by atoms with Crippen LogP contribution in [0.2, 0.25) is 0 Å². The van der Waals surface area contributed by atoms with E-state index in [1.807, 2.05) is 17.5 Å². The number of carbonyl (C=O) groups excluding carboxylic acids is 1. The van der Waals surface area contributed by atoms with Crippen molar-refractivity contribution in [3.05, 3.63) is 57.1 Å². The minimum atomic E-state index is -3.70. The summed E-state index contributed by atoms with van der Waals surface area (Å²) in [4.78, 5) is 22.3. The lowest BCUT2D eigenvalue weighted by atomic mass is 10.2. The second kappa shape index (κ2) is 7.77. The first-order chi connectivity index (χ1) is 12.8. The maximum absolute atomic E-state index is 12.7. The van der Waals surface area contributed by atoms with Gasteiger partial charge in [-0.15, -0.1) is 22.7 Å². The van der Waals surface area contributed by atoms with Gasteiger partial charge in [-0.1, -0.05) is 6.07 Å². The molecule has 0 bridgehead atoms. The van der Waals surface area contributed by atoms with Crippen molar-refractivity contribution in [1.82, 2.24) is 5.06 Å². The van der Waals surface area contributed by atoms with Crippen molar-refractivity contribution in [2.45, 2.75) is 11.8 Å². The molecule has 1 amide bonds. The summed E-state index contributed by atoms with van der Waals surface area (Å²) in [5.41, 5.74) is 0.604. The van der Waals surface area contributed by atoms with Gasteiger partial charge < -0.3 is 5.11 Å². The van der Waals surface area contributed by atoms with E-state index in [1.165, 1.54) is 12.1 Å². The van der Waals surface area contributed by atoms with Crippen molar-refractivity contribution in [2.24, 2.45) is 0 Å². The van der Waals surface area contributed by atoms with Crippen LogP contribution in [0.4, 0.5) is 0 Å². The van der Waals surface area contributed by atoms with E-state index < -0.39 is 27.6 Å². The number of carboxylic acids is 1. The molecule has 27 heavy (non-hydrogen) atoms. The molecule has 3 rings (SSSR count). The zero-order chi connectivity index (χ0) is 19.6. The molecule has 0 fully saturated rings. The van der Waals surface area contributed by atoms with Gasteiger partial charge in [0.1, 0.15) is 10.9 Å². The lowest BCUT2D eigenvalue weighted by molar-refractivity contribution is -0.158. The Morgan fingerprint density at radius 2 is 2.00 bits per heavy atom. The topological polar surface area (TPSA) is 112 Å². The highest BCUT2D eigenvalue weighted by Gasteiger charge is 2.28. The fourth-order valence-electron chi connectivity index (χ4n) is 2.67. The minimum Gasteiger partial charge on any atom is -0.477 e. The molecule has 2 heterocycles. The predicted molar refractivity (Wildman–Crippen MR) is 103 cm³/mol. The number of fused-ring (bicyclic) bond motifs is 1. The number of sulfone groups is 1. The lowest BCUT2D eigenvalue weighted by Gasteiger charge is -2.21. The summed E-state index contributed by atoms with van der Waals surface area (Å²) >= 11 is 2.38. The summed E-state index contributed by atoms with van der Waals surface area (Å²) < 4.78 is 26.4. The molecule has 7 nitrogen and oxygen atoms in total. The Labute approximate surface area is 163 Å². The average Bonchev–Trinajstić information content (AvgIpc) is 3.27. The third kappa shape index (κ3) is 4.53. The summed E-state index contributed by atoms with van der Waals surface area (Å²) in [7, 11) is -3.70. The number of rotatable bonds is 8. The van der Waals surface area contributed by atoms with Gasteiger partial charge in [-0.05, 0) is 46.7 Å². The van der Waals surface area contributed by atoms with Gasteiger partial charge in [-0.25, -0.2) is 18.3 Å². The highest BCUT2D eigenvalue weighted by atomic mass is 32.2. The van der Waals surface area contributed by atoms with Crippen LogP contribution in [0.25, 0.3) is 10.1 Å². The highest BCUT2D eigenvalue weighted by molar-refractivity contribution is 7.90. The van der Waals surface area contributed by atoms with E-state index in [-0.39, 0.29) is 27.0 Å². The molecule has 2 N–H and O–H groups in total. The SMILES string of the molecule is O=CN(O)C(CS(=O)(=O)Cc1ccc2sccc2c1)c1ccc(C(=O)O)s1. The van der Waals surface area contributed by atoms with E-state index in [1.54, 1.807) is 23.5 Å². The molecule has 1 aromatic carbocycles. The van der Waals surface area contributed by atoms with Gasteiger partial charge >= 0.3 is 5.97 Å². The van der Waals surface area contributed by atoms with Crippen LogP contribution in [-0.4, -0.2) is 41.9 Å². The van der Waals surface area contributed by atoms with Crippen LogP contribution >= 0.6 is 22.7 Å². The third-order valence-corrected chi connectivity index (χ3v) is 7.58. The Balaban J connectivity index is 1.84. The largest absolute Gasteiger partial charge is 0.477 e. The van der Waals surface area contributed by atoms with Gasteiger partial charge in [-0.2, -0.15) is 0 Å². The van der Waals surface area contributed by atoms with Crippen LogP contribution < -0.4 is 0 Å². The Morgan fingerprint density at radius 1 is 1.22 bits per heavy atom. The first kappa shape index (κ1) is 19.5. The van der Waals surface area contributed by atoms with Crippen molar-refractivity contribution < 1.29 is 28.3 Å². The number of thiophene rings is 2. The fourth-order valence-corrected chi connectivity index (χ4v) is 6.10. The maximum Gasteiger partial charge on any atom is 0.345 e. The number of amides is 1. The smallest absolute Gasteiger partial charge is 0.345 e. The molecule has 1 unspecified atom stereocenters. The molecule has 0 aliphatic heterocycles. The number of hydrogen-bond acceptors (Lipinski definition) is 7. The van der Waals surface area contributed by atoms with Crippen LogP contribution in [0.3, 0.4) is 0 Å². The van der Waals surface area contributed by atoms with Crippen LogP contribution in [0.1, 0.15) is 26.2 Å². The van der Waals surface area contributed by atoms with Crippen molar-refractivity contribution in [2.75, 3.05) is 5.75 Å². The summed E-state index contributed by atoms with van der Waals surface area (Å²) in [6.45, 7) is 0. The normalized spacial score (nSPS) is 12.8. The van der Waals surface area contributed by atoms with Crippen LogP contribution in [0.5, 0.6) is 0 Å². The van der Waals surface area contributed by atoms with Gasteiger partial charge in [0.2, 0.25) is 6.41 Å². The maximum atomic E-state index is 12.7. The van der Waals surface area contributed by atoms with E-state index in [4.69, 9.17) is 5.11 Å². The van der Waals surface area contributed by atoms with Gasteiger partial charge in [0, 0.05) is 9.58 Å². The van der Waals surface area contributed by atoms with Crippen LogP contribution in [-0.2, 0) is 20.4 Å². The molecule has 0 saturated heterocycles. The zero-order valence-corrected chi connectivity index (χ0v) is 16.3. The quantitative estimate of drug-likeness (QED) is 0.326. The number of hydroxylamine groups is 2. The van der Waals surface area contributed by atoms with E-state index >= 15 is 0 Å². The second-order valence-electron chi connectivity index (χ2n) is 5.86. The van der Waals surface area contributed by atoms with Gasteiger partial charge in [0.25, 0.3) is 0 Å². The number of carbonyl (C=O) groups is 2. The molecular formula is C17H15NO6S3. The summed E-state index contributed by atoms with van der Waals surface area (Å²) in [5.74, 6) is -1.93. The van der Waals surface area contributed by atoms with Crippen LogP contribution in [0.15, 0.2) is 41.8 Å². The number of nitrogens with zero attached hydrogens (tertiary/aromatic N) is 1. The molecule has 0 saturated carbocycles. The standard InChI is InChI=1S/C17H15NO6S3/c19-10-18(22)13(15-3-4-16(26-15)17(20)21)9-27(23,24)8-11-1-2-14-12(7-11)5-6-25-14/h1-7,10,13,22H,8-9H2,(H,20,21). The average molecular weight is 426 g/mol. The number of hydrogen-bond donors (Lipinski definition) is 2. The predicted octanol–water partition coefficient (Wildman–Crippen LogP) is 3.16. The summed E-state index contributed by atoms with van der Waals surface area (Å²) in [6.07, 6.45) is 0.109. The number of aromatic carboxylic acids is 1. The Bertz CT molecular complexity index is 1080. The Kier molecular flexibility index (Phi) is 5.61. The minimum absolute atomic E-state index is 0.00499. The molecule has 0 aliphatic rings. The molecular weight excluding hydrogens is 410 g/mol. The molecule has 142 valence electrons. The second-order valence-corrected chi connectivity index (χ2v) is 10.0. The molecule has 3 aromatic rings. The number of carboxylic acid groups (broad SMARTS) is 1. The Morgan fingerprint density at radius 3 is 2.67 bits per heavy atom. The molecule has 0 radical (unpaired) electrons. The van der Waals surface area contributed by atoms with E-state index in [2.05, 4.69) is 0 Å². The third-order valence-electron chi connectivity index (χ3n) is 3.91. The van der Waals surface area contributed by atoms with Gasteiger partial charge in [0.15, 0.2) is 9.84 Å². The van der Waals surface area contributed by atoms with E-state index in [9.17, 15) is 23.2 Å². The zero-order valence-electron chi connectivity index (χ0n) is 13.8. The van der Waals surface area contributed by atoms with E-state index in [0.717, 1.165) is 21.4 Å². The first-order valence-electron chi connectivity index (χ1n) is 7.71. The fraction of sp³-hybridized carbons (Fsp3) is 0.176. The lowest BCUT2D eigenvalue weighted by Crippen LogP contribution is -2.30. The monoisotopic (exact) mass is 425 g/mol. The van der Waals surface area contributed by atoms with Crippen molar-refractivity contribution >= 4 is 55.0 Å². The molecule has 0 aliphatic carbocycles. The Hall–Kier alpha value is -2.27. The molecule has 2 aromatic heterocycles. The van der Waals surface area contributed by atoms with Crippen LogP contribution in [0, 0.1) is 0 Å². The molecule has 10 heteroatoms. The van der Waals surface area contributed by atoms with Crippen molar-refractivity contribution in [1.29, 1.82) is 0 Å². The molecule has 0 spiro atoms. The van der Waals surface area contributed by atoms with E-state index in [0.29, 0.717) is 5.56 Å². The van der Waals surface area contributed by atoms with Gasteiger partial charge in [-0.3, -0.25) is 10.0 Å². The first-order valence-corrected chi connectivity index (χ1v) is 11.2. The summed E-state index contributed by atoms with van der Waals surface area (Å²) in [6, 6.07) is 8.82. The van der Waals surface area contributed by atoms with Crippen molar-refractivity contribution in [3.8, 4) is 0 Å². The van der Waals surface area contributed by atoms with Crippen molar-refractivity contribution in [3.63, 3.8) is 0 Å². The van der Waals surface area contributed by atoms with Gasteiger partial charge in [0.05, 0.1) is 11.5 Å².